The van der Waals surface area contributed by atoms with E-state index in [1.165, 1.54) is 32.1 Å². The Balaban J connectivity index is 2.22. The third-order valence-corrected chi connectivity index (χ3v) is 2.91. The highest BCUT2D eigenvalue weighted by atomic mass is 16.3. The highest BCUT2D eigenvalue weighted by Gasteiger charge is 2.14. The summed E-state index contributed by atoms with van der Waals surface area (Å²) in [5, 5.41) is 8.78. The van der Waals surface area contributed by atoms with Gasteiger partial charge >= 0.3 is 0 Å². The minimum absolute atomic E-state index is 0.388. The minimum atomic E-state index is 0.388. The third-order valence-electron chi connectivity index (χ3n) is 2.91. The molecule has 0 bridgehead atoms. The van der Waals surface area contributed by atoms with Gasteiger partial charge in [-0.1, -0.05) is 39.0 Å². The van der Waals surface area contributed by atoms with E-state index in [1.54, 1.807) is 0 Å². The molecule has 11 heavy (non-hydrogen) atoms. The molecule has 0 aliphatic heterocycles. The normalized spacial score (nSPS) is 33.3. The van der Waals surface area contributed by atoms with Crippen LogP contribution >= 0.6 is 0 Å². The summed E-state index contributed by atoms with van der Waals surface area (Å²) in [6.07, 6.45) is 7.90. The fraction of sp³-hybridized carbons (Fsp3) is 1.00. The van der Waals surface area contributed by atoms with E-state index in [0.29, 0.717) is 6.61 Å². The molecule has 0 saturated heterocycles. The molecule has 1 saturated carbocycles. The molecular formula is C10H20O. The van der Waals surface area contributed by atoms with Crippen LogP contribution in [0.15, 0.2) is 0 Å². The van der Waals surface area contributed by atoms with Crippen LogP contribution in [-0.4, -0.2) is 11.7 Å². The molecule has 0 aromatic heterocycles. The van der Waals surface area contributed by atoms with Crippen molar-refractivity contribution in [2.75, 3.05) is 6.61 Å². The van der Waals surface area contributed by atoms with Crippen molar-refractivity contribution in [1.82, 2.24) is 0 Å². The fourth-order valence-corrected chi connectivity index (χ4v) is 2.04. The van der Waals surface area contributed by atoms with Gasteiger partial charge in [0.15, 0.2) is 0 Å². The molecule has 1 rings (SSSR count). The Hall–Kier alpha value is -0.0400. The maximum absolute atomic E-state index is 8.78. The van der Waals surface area contributed by atoms with Crippen molar-refractivity contribution in [2.45, 2.75) is 45.4 Å². The van der Waals surface area contributed by atoms with Gasteiger partial charge in [-0.15, -0.1) is 0 Å². The van der Waals surface area contributed by atoms with Crippen LogP contribution in [0, 0.1) is 11.8 Å². The first-order valence-corrected chi connectivity index (χ1v) is 4.93. The molecule has 0 radical (unpaired) electrons. The van der Waals surface area contributed by atoms with Gasteiger partial charge in [0.25, 0.3) is 0 Å². The van der Waals surface area contributed by atoms with Gasteiger partial charge in [0.1, 0.15) is 0 Å². The Morgan fingerprint density at radius 2 is 2.00 bits per heavy atom. The van der Waals surface area contributed by atoms with Crippen LogP contribution in [-0.2, 0) is 0 Å². The monoisotopic (exact) mass is 156 g/mol. The summed E-state index contributed by atoms with van der Waals surface area (Å²) in [5.74, 6) is 1.75. The Kier molecular flexibility index (Phi) is 3.92. The van der Waals surface area contributed by atoms with Crippen molar-refractivity contribution in [3.8, 4) is 0 Å². The number of aliphatic hydroxyl groups excluding tert-OH is 1. The second kappa shape index (κ2) is 4.76. The van der Waals surface area contributed by atoms with E-state index in [4.69, 9.17) is 5.11 Å². The van der Waals surface area contributed by atoms with Crippen molar-refractivity contribution in [3.05, 3.63) is 0 Å². The van der Waals surface area contributed by atoms with E-state index in [0.717, 1.165) is 18.3 Å². The standard InChI is InChI=1S/C10H20O/c1-9-3-2-4-10(6-5-9)7-8-11/h9-11H,2-8H2,1H3/t9-,10-/m0/s1. The van der Waals surface area contributed by atoms with Gasteiger partial charge < -0.3 is 5.11 Å². The molecule has 1 aliphatic rings. The molecule has 1 N–H and O–H groups in total. The van der Waals surface area contributed by atoms with Gasteiger partial charge in [0, 0.05) is 6.61 Å². The van der Waals surface area contributed by atoms with Gasteiger partial charge in [0.05, 0.1) is 0 Å². The number of rotatable bonds is 2. The molecule has 0 spiro atoms. The largest absolute Gasteiger partial charge is 0.396 e. The Bertz CT molecular complexity index is 101. The molecular weight excluding hydrogens is 136 g/mol. The lowest BCUT2D eigenvalue weighted by Gasteiger charge is -2.11. The van der Waals surface area contributed by atoms with Gasteiger partial charge in [0.2, 0.25) is 0 Å². The fourth-order valence-electron chi connectivity index (χ4n) is 2.04. The number of hydrogen-bond acceptors (Lipinski definition) is 1. The summed E-state index contributed by atoms with van der Waals surface area (Å²) < 4.78 is 0. The van der Waals surface area contributed by atoms with E-state index >= 15 is 0 Å². The third kappa shape index (κ3) is 3.24. The van der Waals surface area contributed by atoms with E-state index < -0.39 is 0 Å². The average molecular weight is 156 g/mol. The van der Waals surface area contributed by atoms with Crippen LogP contribution in [0.5, 0.6) is 0 Å². The first-order chi connectivity index (χ1) is 5.33. The average Bonchev–Trinajstić information content (AvgIpc) is 2.17. The molecule has 0 unspecified atom stereocenters. The van der Waals surface area contributed by atoms with Crippen molar-refractivity contribution in [1.29, 1.82) is 0 Å². The quantitative estimate of drug-likeness (QED) is 0.609. The SMILES string of the molecule is C[C@H]1CCC[C@H](CCO)CC1. The van der Waals surface area contributed by atoms with Gasteiger partial charge in [-0.2, -0.15) is 0 Å². The molecule has 1 fully saturated rings. The molecule has 0 amide bonds. The molecule has 0 aromatic rings. The van der Waals surface area contributed by atoms with Crippen molar-refractivity contribution in [2.24, 2.45) is 11.8 Å². The molecule has 1 nitrogen and oxygen atoms in total. The summed E-state index contributed by atoms with van der Waals surface area (Å²) in [6, 6.07) is 0. The first kappa shape index (κ1) is 9.05. The molecule has 0 heterocycles. The minimum Gasteiger partial charge on any atom is -0.396 e. The highest BCUT2D eigenvalue weighted by Crippen LogP contribution is 2.28. The zero-order chi connectivity index (χ0) is 8.10. The lowest BCUT2D eigenvalue weighted by molar-refractivity contribution is 0.247. The number of hydrogen-bond donors (Lipinski definition) is 1. The summed E-state index contributed by atoms with van der Waals surface area (Å²) in [7, 11) is 0. The topological polar surface area (TPSA) is 20.2 Å². The van der Waals surface area contributed by atoms with Gasteiger partial charge in [-0.05, 0) is 18.3 Å². The molecule has 0 aromatic carbocycles. The molecule has 1 heteroatoms. The van der Waals surface area contributed by atoms with Crippen molar-refractivity contribution < 1.29 is 5.11 Å². The lowest BCUT2D eigenvalue weighted by atomic mass is 9.96. The Morgan fingerprint density at radius 1 is 1.18 bits per heavy atom. The first-order valence-electron chi connectivity index (χ1n) is 4.93. The molecule has 66 valence electrons. The van der Waals surface area contributed by atoms with Crippen LogP contribution in [0.2, 0.25) is 0 Å². The van der Waals surface area contributed by atoms with Crippen LogP contribution in [0.3, 0.4) is 0 Å². The van der Waals surface area contributed by atoms with E-state index in [-0.39, 0.29) is 0 Å². The van der Waals surface area contributed by atoms with E-state index in [1.807, 2.05) is 0 Å². The molecule has 1 aliphatic carbocycles. The van der Waals surface area contributed by atoms with Crippen LogP contribution in [0.25, 0.3) is 0 Å². The maximum Gasteiger partial charge on any atom is 0.0433 e. The smallest absolute Gasteiger partial charge is 0.0433 e. The molecule has 2 atom stereocenters. The zero-order valence-corrected chi connectivity index (χ0v) is 7.55. The Labute approximate surface area is 69.8 Å². The zero-order valence-electron chi connectivity index (χ0n) is 7.55. The summed E-state index contributed by atoms with van der Waals surface area (Å²) >= 11 is 0. The maximum atomic E-state index is 8.78. The Morgan fingerprint density at radius 3 is 2.73 bits per heavy atom. The summed E-state index contributed by atoms with van der Waals surface area (Å²) in [6.45, 7) is 2.74. The predicted octanol–water partition coefficient (Wildman–Crippen LogP) is 2.59. The van der Waals surface area contributed by atoms with Gasteiger partial charge in [-0.3, -0.25) is 0 Å². The van der Waals surface area contributed by atoms with Crippen molar-refractivity contribution >= 4 is 0 Å². The van der Waals surface area contributed by atoms with E-state index in [9.17, 15) is 0 Å². The number of aliphatic hydroxyl groups is 1. The van der Waals surface area contributed by atoms with Crippen LogP contribution < -0.4 is 0 Å². The van der Waals surface area contributed by atoms with Gasteiger partial charge in [-0.25, -0.2) is 0 Å². The van der Waals surface area contributed by atoms with Crippen LogP contribution in [0.1, 0.15) is 45.4 Å². The summed E-state index contributed by atoms with van der Waals surface area (Å²) in [5.41, 5.74) is 0. The second-order valence-electron chi connectivity index (χ2n) is 3.99. The van der Waals surface area contributed by atoms with Crippen molar-refractivity contribution in [3.63, 3.8) is 0 Å². The summed E-state index contributed by atoms with van der Waals surface area (Å²) in [4.78, 5) is 0. The highest BCUT2D eigenvalue weighted by molar-refractivity contribution is 4.67. The van der Waals surface area contributed by atoms with E-state index in [2.05, 4.69) is 6.92 Å². The van der Waals surface area contributed by atoms with Crippen LogP contribution in [0.4, 0.5) is 0 Å². The second-order valence-corrected chi connectivity index (χ2v) is 3.99. The lowest BCUT2D eigenvalue weighted by Crippen LogP contribution is -2.01. The predicted molar refractivity (Wildman–Crippen MR) is 47.4 cm³/mol.